The predicted molar refractivity (Wildman–Crippen MR) is 143 cm³/mol. The molecule has 1 aromatic heterocycles. The summed E-state index contributed by atoms with van der Waals surface area (Å²) < 4.78 is 18.5. The van der Waals surface area contributed by atoms with Gasteiger partial charge in [-0.1, -0.05) is 18.2 Å². The first-order valence-electron chi connectivity index (χ1n) is 12.8. The fourth-order valence-electron chi connectivity index (χ4n) is 4.25. The number of nitrogens with zero attached hydrogens (tertiary/aromatic N) is 3. The van der Waals surface area contributed by atoms with Crippen LogP contribution >= 0.6 is 0 Å². The summed E-state index contributed by atoms with van der Waals surface area (Å²) in [5.41, 5.74) is -2.57. The maximum atomic E-state index is 13.4. The summed E-state index contributed by atoms with van der Waals surface area (Å²) in [6, 6.07) is 7.48. The zero-order valence-corrected chi connectivity index (χ0v) is 23.6. The standard InChI is InChI=1S/C28H37N3O8/c1-18-14-29(25(35)31(23(18)33)24(34)19-11-9-8-10-12-19)15-20-13-21(37-17-22(32)38-27(2,3)4)16-30(20)26(36)39-28(5,6)7/h8-12,14,20-21H,13,15-17H2,1-7H3/t20-,21-/m0/s1. The Morgan fingerprint density at radius 3 is 2.15 bits per heavy atom. The first-order chi connectivity index (χ1) is 18.1. The average Bonchev–Trinajstić information content (AvgIpc) is 3.22. The second-order valence-corrected chi connectivity index (χ2v) is 11.6. The molecule has 0 N–H and O–H groups in total. The lowest BCUT2D eigenvalue weighted by Gasteiger charge is -2.28. The Bertz CT molecular complexity index is 1330. The van der Waals surface area contributed by atoms with Crippen LogP contribution in [0, 0.1) is 6.92 Å². The van der Waals surface area contributed by atoms with Crippen LogP contribution < -0.4 is 11.2 Å². The van der Waals surface area contributed by atoms with Crippen molar-refractivity contribution in [2.24, 2.45) is 0 Å². The zero-order chi connectivity index (χ0) is 29.1. The molecule has 0 saturated carbocycles. The van der Waals surface area contributed by atoms with Gasteiger partial charge in [0.2, 0.25) is 0 Å². The minimum Gasteiger partial charge on any atom is -0.458 e. The van der Waals surface area contributed by atoms with Crippen molar-refractivity contribution in [2.75, 3.05) is 13.2 Å². The number of ether oxygens (including phenoxy) is 3. The Kier molecular flexibility index (Phi) is 8.84. The minimum absolute atomic E-state index is 0.0203. The van der Waals surface area contributed by atoms with Crippen molar-refractivity contribution in [1.82, 2.24) is 14.0 Å². The maximum Gasteiger partial charge on any atom is 0.410 e. The van der Waals surface area contributed by atoms with Gasteiger partial charge in [0.05, 0.1) is 18.7 Å². The van der Waals surface area contributed by atoms with E-state index < -0.39 is 52.6 Å². The van der Waals surface area contributed by atoms with Crippen LogP contribution in [0.4, 0.5) is 4.79 Å². The molecule has 2 heterocycles. The van der Waals surface area contributed by atoms with Gasteiger partial charge >= 0.3 is 17.8 Å². The first-order valence-corrected chi connectivity index (χ1v) is 12.8. The Morgan fingerprint density at radius 2 is 1.56 bits per heavy atom. The molecule has 11 heteroatoms. The van der Waals surface area contributed by atoms with Crippen LogP contribution in [0.25, 0.3) is 0 Å². The second kappa shape index (κ2) is 11.6. The van der Waals surface area contributed by atoms with Crippen LogP contribution in [0.3, 0.4) is 0 Å². The number of rotatable bonds is 6. The number of hydrogen-bond donors (Lipinski definition) is 0. The highest BCUT2D eigenvalue weighted by Gasteiger charge is 2.39. The fraction of sp³-hybridized carbons (Fsp3) is 0.536. The third kappa shape index (κ3) is 7.89. The van der Waals surface area contributed by atoms with Crippen molar-refractivity contribution >= 4 is 18.0 Å². The number of hydrogen-bond acceptors (Lipinski definition) is 8. The molecule has 1 aliphatic rings. The highest BCUT2D eigenvalue weighted by molar-refractivity contribution is 5.95. The average molecular weight is 544 g/mol. The SMILES string of the molecule is Cc1cn(C[C@@H]2C[C@H](OCC(=O)OC(C)(C)C)CN2C(=O)OC(C)(C)C)c(=O)n(C(=O)c2ccccc2)c1=O. The van der Waals surface area contributed by atoms with E-state index in [4.69, 9.17) is 14.2 Å². The fourth-order valence-corrected chi connectivity index (χ4v) is 4.25. The van der Waals surface area contributed by atoms with E-state index >= 15 is 0 Å². The molecule has 2 aromatic rings. The van der Waals surface area contributed by atoms with Crippen molar-refractivity contribution < 1.29 is 28.6 Å². The molecule has 11 nitrogen and oxygen atoms in total. The van der Waals surface area contributed by atoms with Crippen molar-refractivity contribution in [3.8, 4) is 0 Å². The Balaban J connectivity index is 1.89. The molecule has 39 heavy (non-hydrogen) atoms. The van der Waals surface area contributed by atoms with E-state index in [0.717, 1.165) is 0 Å². The number of likely N-dealkylation sites (tertiary alicyclic amines) is 1. The van der Waals surface area contributed by atoms with E-state index in [1.165, 1.54) is 34.7 Å². The summed E-state index contributed by atoms with van der Waals surface area (Å²) in [6.07, 6.45) is 0.541. The molecule has 0 bridgehead atoms. The van der Waals surface area contributed by atoms with E-state index in [1.54, 1.807) is 59.7 Å². The molecule has 2 atom stereocenters. The number of benzene rings is 1. The van der Waals surface area contributed by atoms with E-state index in [2.05, 4.69) is 0 Å². The summed E-state index contributed by atoms with van der Waals surface area (Å²) in [5, 5.41) is 0. The molecular formula is C28H37N3O8. The van der Waals surface area contributed by atoms with Crippen LogP contribution in [0.2, 0.25) is 0 Å². The third-order valence-corrected chi connectivity index (χ3v) is 5.82. The summed E-state index contributed by atoms with van der Waals surface area (Å²) in [4.78, 5) is 65.9. The zero-order valence-electron chi connectivity index (χ0n) is 23.6. The molecule has 3 rings (SSSR count). The molecule has 1 aromatic carbocycles. The van der Waals surface area contributed by atoms with Gasteiger partial charge in [0.15, 0.2) is 0 Å². The van der Waals surface area contributed by atoms with Crippen molar-refractivity contribution in [2.45, 2.75) is 84.8 Å². The molecule has 1 aliphatic heterocycles. The molecule has 1 fully saturated rings. The first kappa shape index (κ1) is 29.8. The van der Waals surface area contributed by atoms with Crippen LogP contribution in [0.1, 0.15) is 63.9 Å². The van der Waals surface area contributed by atoms with Gasteiger partial charge in [-0.05, 0) is 67.0 Å². The molecule has 212 valence electrons. The number of esters is 1. The van der Waals surface area contributed by atoms with Gasteiger partial charge in [-0.3, -0.25) is 14.2 Å². The molecule has 1 amide bonds. The Labute approximate surface area is 227 Å². The van der Waals surface area contributed by atoms with Gasteiger partial charge in [0, 0.05) is 23.9 Å². The van der Waals surface area contributed by atoms with Gasteiger partial charge in [0.25, 0.3) is 11.5 Å². The van der Waals surface area contributed by atoms with Crippen molar-refractivity contribution in [3.63, 3.8) is 0 Å². The summed E-state index contributed by atoms with van der Waals surface area (Å²) in [7, 11) is 0. The van der Waals surface area contributed by atoms with Crippen LogP contribution in [-0.2, 0) is 25.5 Å². The van der Waals surface area contributed by atoms with E-state index in [0.29, 0.717) is 11.0 Å². The van der Waals surface area contributed by atoms with Gasteiger partial charge in [-0.15, -0.1) is 0 Å². The van der Waals surface area contributed by atoms with E-state index in [-0.39, 0.29) is 30.8 Å². The predicted octanol–water partition coefficient (Wildman–Crippen LogP) is 2.74. The lowest BCUT2D eigenvalue weighted by atomic mass is 10.2. The minimum atomic E-state index is -0.818. The van der Waals surface area contributed by atoms with E-state index in [1.807, 2.05) is 0 Å². The lowest BCUT2D eigenvalue weighted by Crippen LogP contribution is -2.48. The largest absolute Gasteiger partial charge is 0.458 e. The smallest absolute Gasteiger partial charge is 0.410 e. The molecule has 0 aliphatic carbocycles. The Hall–Kier alpha value is -3.73. The van der Waals surface area contributed by atoms with Gasteiger partial charge in [-0.25, -0.2) is 14.4 Å². The molecule has 0 unspecified atom stereocenters. The topological polar surface area (TPSA) is 126 Å². The molecule has 0 spiro atoms. The van der Waals surface area contributed by atoms with E-state index in [9.17, 15) is 24.0 Å². The molecule has 1 saturated heterocycles. The normalized spacial score (nSPS) is 17.7. The number of aryl methyl sites for hydroxylation is 1. The monoisotopic (exact) mass is 543 g/mol. The summed E-state index contributed by atoms with van der Waals surface area (Å²) >= 11 is 0. The number of carbonyl (C=O) groups is 3. The number of amides is 1. The van der Waals surface area contributed by atoms with Gasteiger partial charge in [0.1, 0.15) is 17.8 Å². The summed E-state index contributed by atoms with van der Waals surface area (Å²) in [6.45, 7) is 11.8. The number of carbonyl (C=O) groups excluding carboxylic acids is 3. The van der Waals surface area contributed by atoms with Gasteiger partial charge in [-0.2, -0.15) is 4.57 Å². The van der Waals surface area contributed by atoms with Gasteiger partial charge < -0.3 is 19.1 Å². The molecule has 0 radical (unpaired) electrons. The number of aromatic nitrogens is 2. The van der Waals surface area contributed by atoms with Crippen molar-refractivity contribution in [3.05, 3.63) is 68.5 Å². The highest BCUT2D eigenvalue weighted by atomic mass is 16.6. The Morgan fingerprint density at radius 1 is 0.949 bits per heavy atom. The van der Waals surface area contributed by atoms with Crippen LogP contribution in [0.5, 0.6) is 0 Å². The lowest BCUT2D eigenvalue weighted by molar-refractivity contribution is -0.162. The van der Waals surface area contributed by atoms with Crippen LogP contribution in [-0.4, -0.2) is 68.5 Å². The summed E-state index contributed by atoms with van der Waals surface area (Å²) in [5.74, 6) is -1.27. The maximum absolute atomic E-state index is 13.4. The quantitative estimate of drug-likeness (QED) is 0.509. The van der Waals surface area contributed by atoms with Crippen molar-refractivity contribution in [1.29, 1.82) is 0 Å². The van der Waals surface area contributed by atoms with Crippen LogP contribution in [0.15, 0.2) is 46.1 Å². The third-order valence-electron chi connectivity index (χ3n) is 5.82. The highest BCUT2D eigenvalue weighted by Crippen LogP contribution is 2.24. The molecular weight excluding hydrogens is 506 g/mol. The second-order valence-electron chi connectivity index (χ2n) is 11.6.